The van der Waals surface area contributed by atoms with Crippen LogP contribution in [0, 0.1) is 0 Å². The van der Waals surface area contributed by atoms with E-state index < -0.39 is 61.1 Å². The van der Waals surface area contributed by atoms with Crippen LogP contribution in [-0.2, 0) is 19.2 Å². The third kappa shape index (κ3) is 7.52. The van der Waals surface area contributed by atoms with Gasteiger partial charge in [-0.05, 0) is 6.92 Å². The molecular formula is C11H18N2O9. The number of aliphatic hydroxyl groups is 1. The van der Waals surface area contributed by atoms with Gasteiger partial charge in [-0.25, -0.2) is 0 Å². The summed E-state index contributed by atoms with van der Waals surface area (Å²) in [6, 6.07) is -3.19. The molecule has 0 saturated heterocycles. The van der Waals surface area contributed by atoms with E-state index >= 15 is 0 Å². The summed E-state index contributed by atoms with van der Waals surface area (Å²) in [7, 11) is 0. The molecule has 0 aromatic rings. The maximum Gasteiger partial charge on any atom is 0.321 e. The van der Waals surface area contributed by atoms with Crippen LogP contribution in [-0.4, -0.2) is 73.8 Å². The van der Waals surface area contributed by atoms with E-state index in [4.69, 9.17) is 20.4 Å². The van der Waals surface area contributed by atoms with Crippen LogP contribution in [0.25, 0.3) is 0 Å². The van der Waals surface area contributed by atoms with Crippen molar-refractivity contribution in [1.82, 2.24) is 10.6 Å². The van der Waals surface area contributed by atoms with E-state index in [1.54, 1.807) is 0 Å². The summed E-state index contributed by atoms with van der Waals surface area (Å²) < 4.78 is 0. The van der Waals surface area contributed by atoms with Gasteiger partial charge in [0.05, 0.1) is 25.1 Å². The van der Waals surface area contributed by atoms with Crippen LogP contribution in [0.1, 0.15) is 19.8 Å². The van der Waals surface area contributed by atoms with Gasteiger partial charge in [0, 0.05) is 0 Å². The third-order valence-electron chi connectivity index (χ3n) is 2.60. The van der Waals surface area contributed by atoms with E-state index in [9.17, 15) is 24.3 Å². The largest absolute Gasteiger partial charge is 0.481 e. The van der Waals surface area contributed by atoms with Crippen LogP contribution >= 0.6 is 0 Å². The molecule has 0 heterocycles. The number of rotatable bonds is 11. The first kappa shape index (κ1) is 19.8. The zero-order valence-electron chi connectivity index (χ0n) is 11.6. The summed E-state index contributed by atoms with van der Waals surface area (Å²) in [4.78, 5) is 43.1. The van der Waals surface area contributed by atoms with Gasteiger partial charge in [-0.3, -0.25) is 29.8 Å². The number of carboxylic acid groups (broad SMARTS) is 4. The van der Waals surface area contributed by atoms with Crippen molar-refractivity contribution in [3.63, 3.8) is 0 Å². The molecule has 3 unspecified atom stereocenters. The summed E-state index contributed by atoms with van der Waals surface area (Å²) >= 11 is 0. The first-order valence-electron chi connectivity index (χ1n) is 6.14. The SMILES string of the molecule is CC(O)C(NC(CC(=O)O)C(=O)O)NC(CC(=O)O)C(=O)O. The maximum atomic E-state index is 10.9. The van der Waals surface area contributed by atoms with E-state index in [2.05, 4.69) is 10.6 Å². The Morgan fingerprint density at radius 2 is 1.14 bits per heavy atom. The molecule has 7 N–H and O–H groups in total. The number of carboxylic acids is 4. The Bertz CT molecular complexity index is 401. The lowest BCUT2D eigenvalue weighted by Gasteiger charge is -2.28. The summed E-state index contributed by atoms with van der Waals surface area (Å²) in [5, 5.41) is 49.0. The number of hydrogen-bond donors (Lipinski definition) is 7. The number of carbonyl (C=O) groups is 4. The predicted octanol–water partition coefficient (Wildman–Crippen LogP) is -2.27. The maximum absolute atomic E-state index is 10.9. The van der Waals surface area contributed by atoms with Gasteiger partial charge in [-0.15, -0.1) is 0 Å². The normalized spacial score (nSPS) is 16.3. The summed E-state index contributed by atoms with van der Waals surface area (Å²) in [5.41, 5.74) is 0. The minimum atomic E-state index is -1.59. The van der Waals surface area contributed by atoms with Crippen molar-refractivity contribution in [3.8, 4) is 0 Å². The second-order valence-corrected chi connectivity index (χ2v) is 4.53. The molecule has 0 amide bonds. The quantitative estimate of drug-likeness (QED) is 0.203. The van der Waals surface area contributed by atoms with Crippen LogP contribution in [0.2, 0.25) is 0 Å². The third-order valence-corrected chi connectivity index (χ3v) is 2.60. The monoisotopic (exact) mass is 322 g/mol. The summed E-state index contributed by atoms with van der Waals surface area (Å²) in [5.74, 6) is -5.85. The van der Waals surface area contributed by atoms with E-state index in [0.29, 0.717) is 0 Å². The molecule has 0 aromatic carbocycles. The van der Waals surface area contributed by atoms with Gasteiger partial charge in [0.1, 0.15) is 12.1 Å². The number of aliphatic carboxylic acids is 4. The Kier molecular flexibility index (Phi) is 8.01. The molecule has 11 heteroatoms. The lowest BCUT2D eigenvalue weighted by Crippen LogP contribution is -2.59. The van der Waals surface area contributed by atoms with Crippen LogP contribution in [0.4, 0.5) is 0 Å². The van der Waals surface area contributed by atoms with E-state index in [-0.39, 0.29) is 0 Å². The Morgan fingerprint density at radius 3 is 1.32 bits per heavy atom. The molecule has 0 aromatic heterocycles. The highest BCUT2D eigenvalue weighted by Crippen LogP contribution is 2.02. The zero-order valence-corrected chi connectivity index (χ0v) is 11.6. The van der Waals surface area contributed by atoms with Crippen molar-refractivity contribution in [3.05, 3.63) is 0 Å². The van der Waals surface area contributed by atoms with Gasteiger partial charge < -0.3 is 25.5 Å². The molecule has 3 atom stereocenters. The highest BCUT2D eigenvalue weighted by Gasteiger charge is 2.30. The molecule has 0 bridgehead atoms. The number of nitrogens with one attached hydrogen (secondary N) is 2. The molecule has 0 spiro atoms. The predicted molar refractivity (Wildman–Crippen MR) is 69.1 cm³/mol. The van der Waals surface area contributed by atoms with Crippen molar-refractivity contribution < 1.29 is 44.7 Å². The molecule has 22 heavy (non-hydrogen) atoms. The molecular weight excluding hydrogens is 304 g/mol. The van der Waals surface area contributed by atoms with Gasteiger partial charge >= 0.3 is 23.9 Å². The van der Waals surface area contributed by atoms with Gasteiger partial charge in [-0.1, -0.05) is 0 Å². The smallest absolute Gasteiger partial charge is 0.321 e. The van der Waals surface area contributed by atoms with Crippen molar-refractivity contribution in [2.24, 2.45) is 0 Å². The highest BCUT2D eigenvalue weighted by atomic mass is 16.4. The van der Waals surface area contributed by atoms with Crippen LogP contribution in [0.5, 0.6) is 0 Å². The Morgan fingerprint density at radius 1 is 0.818 bits per heavy atom. The molecule has 0 saturated carbocycles. The summed E-state index contributed by atoms with van der Waals surface area (Å²) in [6.45, 7) is 1.20. The first-order valence-corrected chi connectivity index (χ1v) is 6.14. The van der Waals surface area contributed by atoms with Crippen molar-refractivity contribution in [1.29, 1.82) is 0 Å². The topological polar surface area (TPSA) is 193 Å². The number of aliphatic hydroxyl groups excluding tert-OH is 1. The van der Waals surface area contributed by atoms with E-state index in [0.717, 1.165) is 0 Å². The lowest BCUT2D eigenvalue weighted by atomic mass is 10.1. The van der Waals surface area contributed by atoms with Gasteiger partial charge in [0.2, 0.25) is 0 Å². The Labute approximate surface area is 124 Å². The Hall–Kier alpha value is -2.24. The fourth-order valence-electron chi connectivity index (χ4n) is 1.54. The Balaban J connectivity index is 5.03. The van der Waals surface area contributed by atoms with Gasteiger partial charge in [-0.2, -0.15) is 0 Å². The van der Waals surface area contributed by atoms with Crippen LogP contribution in [0.15, 0.2) is 0 Å². The fraction of sp³-hybridized carbons (Fsp3) is 0.636. The van der Waals surface area contributed by atoms with E-state index in [1.165, 1.54) is 6.92 Å². The minimum absolute atomic E-state index is 0.809. The van der Waals surface area contributed by atoms with Crippen LogP contribution < -0.4 is 10.6 Å². The first-order chi connectivity index (χ1) is 10.0. The molecule has 0 radical (unpaired) electrons. The van der Waals surface area contributed by atoms with Crippen molar-refractivity contribution in [2.45, 2.75) is 44.1 Å². The van der Waals surface area contributed by atoms with Crippen molar-refractivity contribution >= 4 is 23.9 Å². The van der Waals surface area contributed by atoms with Crippen molar-refractivity contribution in [2.75, 3.05) is 0 Å². The minimum Gasteiger partial charge on any atom is -0.481 e. The zero-order chi connectivity index (χ0) is 17.4. The lowest BCUT2D eigenvalue weighted by molar-refractivity contribution is -0.147. The average Bonchev–Trinajstić information content (AvgIpc) is 2.33. The van der Waals surface area contributed by atoms with E-state index in [1.807, 2.05) is 0 Å². The average molecular weight is 322 g/mol. The van der Waals surface area contributed by atoms with Crippen LogP contribution in [0.3, 0.4) is 0 Å². The standard InChI is InChI=1S/C11H18N2O9/c1-4(14)9(12-5(10(19)20)2-7(15)16)13-6(11(21)22)3-8(17)18/h4-6,9,12-14H,2-3H2,1H3,(H,15,16)(H,17,18)(H,19,20)(H,21,22). The number of hydrogen-bond acceptors (Lipinski definition) is 7. The molecule has 0 fully saturated rings. The molecule has 0 aliphatic rings. The van der Waals surface area contributed by atoms with Gasteiger partial charge in [0.15, 0.2) is 0 Å². The fourth-order valence-corrected chi connectivity index (χ4v) is 1.54. The second-order valence-electron chi connectivity index (χ2n) is 4.53. The highest BCUT2D eigenvalue weighted by molar-refractivity contribution is 5.81. The molecule has 0 rings (SSSR count). The van der Waals surface area contributed by atoms with Gasteiger partial charge in [0.25, 0.3) is 0 Å². The molecule has 0 aliphatic carbocycles. The molecule has 126 valence electrons. The molecule has 0 aliphatic heterocycles. The summed E-state index contributed by atoms with van der Waals surface area (Å²) in [6.07, 6.45) is -4.26. The second kappa shape index (κ2) is 8.92. The molecule has 11 nitrogen and oxygen atoms in total.